The lowest BCUT2D eigenvalue weighted by atomic mass is 10.2. The largest absolute Gasteiger partial charge is 0.493 e. The van der Waals surface area contributed by atoms with Gasteiger partial charge in [0.15, 0.2) is 18.1 Å². The molecule has 0 bridgehead atoms. The molecule has 0 spiro atoms. The molecule has 2 aromatic carbocycles. The summed E-state index contributed by atoms with van der Waals surface area (Å²) >= 11 is 6.12. The second kappa shape index (κ2) is 10.3. The van der Waals surface area contributed by atoms with E-state index in [4.69, 9.17) is 26.8 Å². The van der Waals surface area contributed by atoms with Gasteiger partial charge in [-0.25, -0.2) is 0 Å². The molecule has 1 saturated heterocycles. The van der Waals surface area contributed by atoms with E-state index in [1.807, 2.05) is 31.2 Å². The van der Waals surface area contributed by atoms with E-state index in [1.54, 1.807) is 24.3 Å². The molecule has 1 aliphatic heterocycles. The van der Waals surface area contributed by atoms with Crippen LogP contribution >= 0.6 is 24.0 Å². The fraction of sp³-hybridized carbons (Fsp3) is 0.182. The maximum absolute atomic E-state index is 12.4. The summed E-state index contributed by atoms with van der Waals surface area (Å²) < 4.78 is 11.1. The molecular weight excluding hydrogens is 452 g/mol. The van der Waals surface area contributed by atoms with Crippen LogP contribution in [0.25, 0.3) is 6.08 Å². The number of thioether (sulfide) groups is 1. The number of aryl methyl sites for hydroxylation is 1. The van der Waals surface area contributed by atoms with Crippen molar-refractivity contribution in [2.24, 2.45) is 0 Å². The maximum Gasteiger partial charge on any atom is 0.323 e. The van der Waals surface area contributed by atoms with Gasteiger partial charge in [-0.3, -0.25) is 19.3 Å². The lowest BCUT2D eigenvalue weighted by Crippen LogP contribution is -2.33. The number of carboxylic acids is 1. The average Bonchev–Trinajstić information content (AvgIpc) is 3.01. The fourth-order valence-corrected chi connectivity index (χ4v) is 4.05. The third kappa shape index (κ3) is 5.86. The minimum atomic E-state index is -1.14. The average molecular weight is 473 g/mol. The van der Waals surface area contributed by atoms with E-state index in [-0.39, 0.29) is 16.8 Å². The highest BCUT2D eigenvalue weighted by Gasteiger charge is 2.33. The summed E-state index contributed by atoms with van der Waals surface area (Å²) in [6.45, 7) is 1.27. The Balaban J connectivity index is 1.67. The van der Waals surface area contributed by atoms with Gasteiger partial charge in [0, 0.05) is 5.69 Å². The number of rotatable bonds is 8. The van der Waals surface area contributed by atoms with E-state index in [0.717, 1.165) is 22.2 Å². The van der Waals surface area contributed by atoms with Crippen LogP contribution in [-0.4, -0.2) is 52.4 Å². The molecular formula is C22H20N2O6S2. The van der Waals surface area contributed by atoms with Gasteiger partial charge in [-0.05, 0) is 42.8 Å². The van der Waals surface area contributed by atoms with Gasteiger partial charge in [-0.1, -0.05) is 47.7 Å². The Morgan fingerprint density at radius 3 is 2.56 bits per heavy atom. The molecule has 0 aliphatic carbocycles. The van der Waals surface area contributed by atoms with E-state index >= 15 is 0 Å². The van der Waals surface area contributed by atoms with Crippen molar-refractivity contribution in [3.63, 3.8) is 0 Å². The van der Waals surface area contributed by atoms with Crippen molar-refractivity contribution in [1.82, 2.24) is 4.90 Å². The molecule has 0 aromatic heterocycles. The monoisotopic (exact) mass is 472 g/mol. The second-order valence-electron chi connectivity index (χ2n) is 6.77. The number of nitrogens with one attached hydrogen (secondary N) is 1. The van der Waals surface area contributed by atoms with Crippen LogP contribution in [0.4, 0.5) is 5.69 Å². The van der Waals surface area contributed by atoms with Crippen molar-refractivity contribution in [3.05, 3.63) is 58.5 Å². The zero-order chi connectivity index (χ0) is 23.3. The van der Waals surface area contributed by atoms with E-state index in [1.165, 1.54) is 7.11 Å². The Morgan fingerprint density at radius 2 is 1.91 bits per heavy atom. The molecule has 0 radical (unpaired) electrons. The number of methoxy groups -OCH3 is 1. The summed E-state index contributed by atoms with van der Waals surface area (Å²) in [6.07, 6.45) is 1.59. The van der Waals surface area contributed by atoms with E-state index in [2.05, 4.69) is 5.32 Å². The first-order valence-corrected chi connectivity index (χ1v) is 10.6. The van der Waals surface area contributed by atoms with Gasteiger partial charge >= 0.3 is 5.97 Å². The number of amides is 2. The van der Waals surface area contributed by atoms with Gasteiger partial charge in [0.1, 0.15) is 10.9 Å². The zero-order valence-corrected chi connectivity index (χ0v) is 18.9. The Labute approximate surface area is 194 Å². The molecule has 2 amide bonds. The normalized spacial score (nSPS) is 14.6. The number of aliphatic carboxylic acids is 1. The zero-order valence-electron chi connectivity index (χ0n) is 17.3. The van der Waals surface area contributed by atoms with Gasteiger partial charge in [0.2, 0.25) is 0 Å². The summed E-state index contributed by atoms with van der Waals surface area (Å²) in [5, 5.41) is 11.7. The first-order valence-electron chi connectivity index (χ1n) is 9.41. The molecule has 8 nitrogen and oxygen atoms in total. The van der Waals surface area contributed by atoms with Crippen molar-refractivity contribution >= 4 is 57.8 Å². The van der Waals surface area contributed by atoms with Gasteiger partial charge in [-0.2, -0.15) is 0 Å². The number of carbonyl (C=O) groups is 3. The number of carboxylic acid groups (broad SMARTS) is 1. The Hall–Kier alpha value is -3.37. The van der Waals surface area contributed by atoms with Gasteiger partial charge in [-0.15, -0.1) is 0 Å². The summed E-state index contributed by atoms with van der Waals surface area (Å²) in [5.74, 6) is -1.18. The topological polar surface area (TPSA) is 105 Å². The number of thiocarbonyl (C=S) groups is 1. The highest BCUT2D eigenvalue weighted by atomic mass is 32.2. The number of ether oxygens (including phenoxy) is 2. The Kier molecular flexibility index (Phi) is 7.49. The van der Waals surface area contributed by atoms with Crippen LogP contribution in [0, 0.1) is 6.92 Å². The quantitative estimate of drug-likeness (QED) is 0.445. The predicted octanol–water partition coefficient (Wildman–Crippen LogP) is 3.31. The maximum atomic E-state index is 12.4. The SMILES string of the molecule is COc1cc(/C=C2/SC(=S)N(CC(=O)O)C2=O)ccc1OCC(=O)Nc1ccc(C)cc1. The predicted molar refractivity (Wildman–Crippen MR) is 126 cm³/mol. The number of anilines is 1. The Bertz CT molecular complexity index is 1100. The molecule has 2 N–H and O–H groups in total. The molecule has 2 aromatic rings. The first-order chi connectivity index (χ1) is 15.3. The van der Waals surface area contributed by atoms with E-state index < -0.39 is 18.4 Å². The number of hydrogen-bond acceptors (Lipinski definition) is 7. The Morgan fingerprint density at radius 1 is 1.19 bits per heavy atom. The summed E-state index contributed by atoms with van der Waals surface area (Å²) in [7, 11) is 1.46. The third-order valence-electron chi connectivity index (χ3n) is 4.35. The fourth-order valence-electron chi connectivity index (χ4n) is 2.79. The van der Waals surface area contributed by atoms with E-state index in [9.17, 15) is 14.4 Å². The van der Waals surface area contributed by atoms with Crippen molar-refractivity contribution in [2.45, 2.75) is 6.92 Å². The molecule has 32 heavy (non-hydrogen) atoms. The van der Waals surface area contributed by atoms with Crippen molar-refractivity contribution < 1.29 is 29.0 Å². The molecule has 1 heterocycles. The molecule has 3 rings (SSSR count). The number of carbonyl (C=O) groups excluding carboxylic acids is 2. The summed E-state index contributed by atoms with van der Waals surface area (Å²) in [6, 6.07) is 12.4. The molecule has 166 valence electrons. The number of nitrogens with zero attached hydrogens (tertiary/aromatic N) is 1. The first kappa shape index (κ1) is 23.3. The molecule has 1 fully saturated rings. The minimum absolute atomic E-state index is 0.190. The summed E-state index contributed by atoms with van der Waals surface area (Å²) in [5.41, 5.74) is 2.40. The van der Waals surface area contributed by atoms with Crippen LogP contribution in [-0.2, 0) is 14.4 Å². The lowest BCUT2D eigenvalue weighted by Gasteiger charge is -2.12. The molecule has 0 unspecified atom stereocenters. The van der Waals surface area contributed by atoms with Crippen molar-refractivity contribution in [3.8, 4) is 11.5 Å². The van der Waals surface area contributed by atoms with Crippen LogP contribution in [0.1, 0.15) is 11.1 Å². The minimum Gasteiger partial charge on any atom is -0.493 e. The highest BCUT2D eigenvalue weighted by molar-refractivity contribution is 8.26. The van der Waals surface area contributed by atoms with Crippen LogP contribution in [0.5, 0.6) is 11.5 Å². The number of benzene rings is 2. The molecule has 0 saturated carbocycles. The highest BCUT2D eigenvalue weighted by Crippen LogP contribution is 2.34. The standard InChI is InChI=1S/C22H20N2O6S2/c1-13-3-6-15(7-4-13)23-19(25)12-30-16-8-5-14(9-17(16)29-2)10-18-21(28)24(11-20(26)27)22(31)32-18/h3-10H,11-12H2,1-2H3,(H,23,25)(H,26,27)/b18-10+. The number of hydrogen-bond donors (Lipinski definition) is 2. The van der Waals surface area contributed by atoms with Crippen LogP contribution < -0.4 is 14.8 Å². The second-order valence-corrected chi connectivity index (χ2v) is 8.45. The van der Waals surface area contributed by atoms with Crippen LogP contribution in [0.2, 0.25) is 0 Å². The molecule has 0 atom stereocenters. The van der Waals surface area contributed by atoms with Crippen LogP contribution in [0.3, 0.4) is 0 Å². The van der Waals surface area contributed by atoms with Crippen LogP contribution in [0.15, 0.2) is 47.4 Å². The van der Waals surface area contributed by atoms with Crippen molar-refractivity contribution in [2.75, 3.05) is 25.6 Å². The molecule has 1 aliphatic rings. The van der Waals surface area contributed by atoms with Crippen molar-refractivity contribution in [1.29, 1.82) is 0 Å². The van der Waals surface area contributed by atoms with Gasteiger partial charge in [0.05, 0.1) is 12.0 Å². The summed E-state index contributed by atoms with van der Waals surface area (Å²) in [4.78, 5) is 36.8. The smallest absolute Gasteiger partial charge is 0.323 e. The molecule has 10 heteroatoms. The van der Waals surface area contributed by atoms with Gasteiger partial charge in [0.25, 0.3) is 11.8 Å². The van der Waals surface area contributed by atoms with Gasteiger partial charge < -0.3 is 19.9 Å². The lowest BCUT2D eigenvalue weighted by molar-refractivity contribution is -0.140. The van der Waals surface area contributed by atoms with E-state index in [0.29, 0.717) is 27.7 Å². The third-order valence-corrected chi connectivity index (χ3v) is 5.72.